The van der Waals surface area contributed by atoms with Crippen molar-refractivity contribution in [1.82, 2.24) is 15.8 Å². The fourth-order valence-corrected chi connectivity index (χ4v) is 2.47. The Morgan fingerprint density at radius 3 is 2.14 bits per heavy atom. The Kier molecular flexibility index (Phi) is 9.76. The first-order chi connectivity index (χ1) is 13.7. The zero-order chi connectivity index (χ0) is 22.0. The number of carbonyl (C=O) groups is 4. The van der Waals surface area contributed by atoms with E-state index in [-0.39, 0.29) is 24.5 Å². The van der Waals surface area contributed by atoms with Crippen molar-refractivity contribution in [3.63, 3.8) is 0 Å². The Bertz CT molecular complexity index is 747. The number of benzene rings is 1. The molecule has 0 aromatic heterocycles. The number of hydrogen-bond acceptors (Lipinski definition) is 8. The van der Waals surface area contributed by atoms with Gasteiger partial charge in [0.2, 0.25) is 5.91 Å². The summed E-state index contributed by atoms with van der Waals surface area (Å²) >= 11 is 0. The molecular weight excluding hydrogens is 382 g/mol. The third kappa shape index (κ3) is 8.71. The van der Waals surface area contributed by atoms with Gasteiger partial charge in [0.05, 0.1) is 6.54 Å². The first-order valence-corrected chi connectivity index (χ1v) is 9.16. The summed E-state index contributed by atoms with van der Waals surface area (Å²) in [5.41, 5.74) is 3.38. The third-order valence-corrected chi connectivity index (χ3v) is 3.82. The maximum atomic E-state index is 12.1. The van der Waals surface area contributed by atoms with Crippen LogP contribution in [0.4, 0.5) is 0 Å². The monoisotopic (exact) mass is 409 g/mol. The summed E-state index contributed by atoms with van der Waals surface area (Å²) in [5.74, 6) is -2.87. The summed E-state index contributed by atoms with van der Waals surface area (Å²) in [4.78, 5) is 46.1. The van der Waals surface area contributed by atoms with E-state index < -0.39 is 29.9 Å². The number of nitrogens with zero attached hydrogens (tertiary/aromatic N) is 1. The Balaban J connectivity index is 2.89. The summed E-state index contributed by atoms with van der Waals surface area (Å²) in [7, 11) is 0. The van der Waals surface area contributed by atoms with E-state index in [1.807, 2.05) is 18.9 Å². The number of carboxylic acids is 1. The van der Waals surface area contributed by atoms with Gasteiger partial charge in [-0.3, -0.25) is 14.4 Å². The molecule has 0 unspecified atom stereocenters. The van der Waals surface area contributed by atoms with Crippen molar-refractivity contribution in [2.75, 3.05) is 19.6 Å². The predicted molar refractivity (Wildman–Crippen MR) is 103 cm³/mol. The van der Waals surface area contributed by atoms with Gasteiger partial charge in [-0.15, -0.1) is 0 Å². The minimum atomic E-state index is -1.21. The second-order valence-electron chi connectivity index (χ2n) is 6.14. The normalized spacial score (nSPS) is 11.6. The van der Waals surface area contributed by atoms with Gasteiger partial charge in [0.15, 0.2) is 11.5 Å². The predicted octanol–water partition coefficient (Wildman–Crippen LogP) is 0.496. The number of ether oxygens (including phenoxy) is 2. The van der Waals surface area contributed by atoms with Gasteiger partial charge in [0, 0.05) is 33.4 Å². The van der Waals surface area contributed by atoms with E-state index in [4.69, 9.17) is 9.47 Å². The number of nitrogens with one attached hydrogen (secondary N) is 2. The van der Waals surface area contributed by atoms with Crippen molar-refractivity contribution < 1.29 is 33.8 Å². The van der Waals surface area contributed by atoms with Gasteiger partial charge >= 0.3 is 17.9 Å². The Labute approximate surface area is 169 Å². The molecule has 10 heteroatoms. The average molecular weight is 409 g/mol. The molecule has 0 saturated heterocycles. The maximum absolute atomic E-state index is 12.1. The number of hydrazine groups is 1. The molecule has 1 rings (SSSR count). The molecule has 1 atom stereocenters. The van der Waals surface area contributed by atoms with Crippen molar-refractivity contribution >= 4 is 23.8 Å². The standard InChI is InChI=1S/C19H27N3O7/c1-5-22(6-2)20-11-18(25)21-15(19(26)27)9-14-7-8-16(28-12(3)23)17(10-14)29-13(4)24/h7-8,10,15,20H,5-6,9,11H2,1-4H3,(H,21,25)(H,26,27)/t15-/m0/s1. The van der Waals surface area contributed by atoms with E-state index in [2.05, 4.69) is 10.7 Å². The van der Waals surface area contributed by atoms with Crippen molar-refractivity contribution in [3.8, 4) is 11.5 Å². The Hall–Kier alpha value is -2.98. The van der Waals surface area contributed by atoms with Crippen LogP contribution >= 0.6 is 0 Å². The number of carbonyl (C=O) groups excluding carboxylic acids is 3. The molecule has 0 saturated carbocycles. The van der Waals surface area contributed by atoms with E-state index in [0.717, 1.165) is 0 Å². The fourth-order valence-electron chi connectivity index (χ4n) is 2.47. The lowest BCUT2D eigenvalue weighted by molar-refractivity contribution is -0.141. The summed E-state index contributed by atoms with van der Waals surface area (Å²) in [6.07, 6.45) is -0.0546. The van der Waals surface area contributed by atoms with Gasteiger partial charge in [-0.25, -0.2) is 15.2 Å². The molecule has 0 heterocycles. The largest absolute Gasteiger partial charge is 0.480 e. The van der Waals surface area contributed by atoms with Gasteiger partial charge in [0.1, 0.15) is 6.04 Å². The zero-order valence-electron chi connectivity index (χ0n) is 17.0. The summed E-state index contributed by atoms with van der Waals surface area (Å²) in [6, 6.07) is 3.14. The number of esters is 2. The average Bonchev–Trinajstić information content (AvgIpc) is 2.63. The zero-order valence-corrected chi connectivity index (χ0v) is 17.0. The van der Waals surface area contributed by atoms with E-state index in [9.17, 15) is 24.3 Å². The van der Waals surface area contributed by atoms with Crippen molar-refractivity contribution in [2.45, 2.75) is 40.2 Å². The number of carboxylic acid groups (broad SMARTS) is 1. The topological polar surface area (TPSA) is 134 Å². The highest BCUT2D eigenvalue weighted by Gasteiger charge is 2.22. The molecule has 0 fully saturated rings. The van der Waals surface area contributed by atoms with Crippen molar-refractivity contribution in [3.05, 3.63) is 23.8 Å². The molecule has 0 aliphatic carbocycles. The first kappa shape index (κ1) is 24.1. The molecule has 0 bridgehead atoms. The Morgan fingerprint density at radius 1 is 1.03 bits per heavy atom. The quantitative estimate of drug-likeness (QED) is 0.271. The summed E-state index contributed by atoms with van der Waals surface area (Å²) in [6.45, 7) is 7.57. The van der Waals surface area contributed by atoms with Crippen LogP contribution in [0.15, 0.2) is 18.2 Å². The van der Waals surface area contributed by atoms with Crippen molar-refractivity contribution in [1.29, 1.82) is 0 Å². The SMILES string of the molecule is CCN(CC)NCC(=O)N[C@@H](Cc1ccc(OC(C)=O)c(OC(C)=O)c1)C(=O)O. The maximum Gasteiger partial charge on any atom is 0.326 e. The molecule has 1 aromatic carbocycles. The fraction of sp³-hybridized carbons (Fsp3) is 0.474. The van der Waals surface area contributed by atoms with Crippen LogP contribution in [-0.2, 0) is 25.6 Å². The van der Waals surface area contributed by atoms with Gasteiger partial charge in [0.25, 0.3) is 0 Å². The highest BCUT2D eigenvalue weighted by molar-refractivity contribution is 5.85. The van der Waals surface area contributed by atoms with Crippen LogP contribution < -0.4 is 20.2 Å². The smallest absolute Gasteiger partial charge is 0.326 e. The van der Waals surface area contributed by atoms with Crippen LogP contribution in [0.5, 0.6) is 11.5 Å². The molecule has 3 N–H and O–H groups in total. The van der Waals surface area contributed by atoms with Crippen LogP contribution in [-0.4, -0.2) is 59.6 Å². The van der Waals surface area contributed by atoms with Gasteiger partial charge in [-0.05, 0) is 17.7 Å². The molecule has 29 heavy (non-hydrogen) atoms. The highest BCUT2D eigenvalue weighted by atomic mass is 16.6. The highest BCUT2D eigenvalue weighted by Crippen LogP contribution is 2.29. The third-order valence-electron chi connectivity index (χ3n) is 3.82. The second-order valence-corrected chi connectivity index (χ2v) is 6.14. The summed E-state index contributed by atoms with van der Waals surface area (Å²) in [5, 5.41) is 13.7. The molecule has 0 radical (unpaired) electrons. The minimum Gasteiger partial charge on any atom is -0.480 e. The van der Waals surface area contributed by atoms with Gasteiger partial charge < -0.3 is 19.9 Å². The molecule has 0 aliphatic heterocycles. The number of amides is 1. The molecule has 1 aromatic rings. The molecule has 0 aliphatic rings. The van der Waals surface area contributed by atoms with Crippen LogP contribution in [0, 0.1) is 0 Å². The molecule has 160 valence electrons. The number of aliphatic carboxylic acids is 1. The lowest BCUT2D eigenvalue weighted by atomic mass is 10.1. The van der Waals surface area contributed by atoms with Crippen LogP contribution in [0.1, 0.15) is 33.3 Å². The number of hydrogen-bond donors (Lipinski definition) is 3. The van der Waals surface area contributed by atoms with E-state index in [1.54, 1.807) is 0 Å². The lowest BCUT2D eigenvalue weighted by Crippen LogP contribution is -2.49. The van der Waals surface area contributed by atoms with Crippen molar-refractivity contribution in [2.24, 2.45) is 0 Å². The van der Waals surface area contributed by atoms with Gasteiger partial charge in [-0.1, -0.05) is 19.9 Å². The van der Waals surface area contributed by atoms with Crippen LogP contribution in [0.25, 0.3) is 0 Å². The van der Waals surface area contributed by atoms with E-state index >= 15 is 0 Å². The van der Waals surface area contributed by atoms with Crippen LogP contribution in [0.2, 0.25) is 0 Å². The Morgan fingerprint density at radius 2 is 1.62 bits per heavy atom. The van der Waals surface area contributed by atoms with Crippen LogP contribution in [0.3, 0.4) is 0 Å². The minimum absolute atomic E-state index is 0.0103. The van der Waals surface area contributed by atoms with E-state index in [0.29, 0.717) is 18.7 Å². The summed E-state index contributed by atoms with van der Waals surface area (Å²) < 4.78 is 10.0. The number of rotatable bonds is 11. The molecular formula is C19H27N3O7. The molecule has 0 spiro atoms. The van der Waals surface area contributed by atoms with E-state index in [1.165, 1.54) is 32.0 Å². The second kappa shape index (κ2) is 11.8. The molecule has 1 amide bonds. The van der Waals surface area contributed by atoms with Gasteiger partial charge in [-0.2, -0.15) is 0 Å². The molecule has 10 nitrogen and oxygen atoms in total. The lowest BCUT2D eigenvalue weighted by Gasteiger charge is -2.20. The first-order valence-electron chi connectivity index (χ1n) is 9.16.